The minimum atomic E-state index is -1.53. The third-order valence-corrected chi connectivity index (χ3v) is 3.46. The topological polar surface area (TPSA) is 49.7 Å². The molecule has 3 nitrogen and oxygen atoms in total. The lowest BCUT2D eigenvalue weighted by atomic mass is 9.79. The number of ether oxygens (including phenoxy) is 1. The van der Waals surface area contributed by atoms with Crippen LogP contribution in [0.25, 0.3) is 0 Å². The molecule has 0 spiro atoms. The monoisotopic (exact) mass is 270 g/mol. The fraction of sp³-hybridized carbons (Fsp3) is 0.250. The van der Waals surface area contributed by atoms with Crippen molar-refractivity contribution in [2.75, 3.05) is 0 Å². The maximum Gasteiger partial charge on any atom is 0.492 e. The van der Waals surface area contributed by atoms with E-state index in [1.54, 1.807) is 12.1 Å². The Balaban J connectivity index is 2.23. The third kappa shape index (κ3) is 3.21. The van der Waals surface area contributed by atoms with Gasteiger partial charge in [-0.3, -0.25) is 0 Å². The molecular formula is C16H19BO3. The van der Waals surface area contributed by atoms with Crippen LogP contribution in [0.5, 0.6) is 5.75 Å². The van der Waals surface area contributed by atoms with E-state index in [0.717, 1.165) is 11.1 Å². The second-order valence-corrected chi connectivity index (χ2v) is 5.07. The van der Waals surface area contributed by atoms with Crippen LogP contribution in [0.2, 0.25) is 0 Å². The van der Waals surface area contributed by atoms with Crippen molar-refractivity contribution in [1.29, 1.82) is 0 Å². The van der Waals surface area contributed by atoms with Crippen LogP contribution in [0, 0.1) is 20.8 Å². The van der Waals surface area contributed by atoms with Gasteiger partial charge in [-0.1, -0.05) is 35.9 Å². The van der Waals surface area contributed by atoms with E-state index in [1.807, 2.05) is 45.0 Å². The molecule has 0 saturated carbocycles. The lowest BCUT2D eigenvalue weighted by Crippen LogP contribution is -2.31. The zero-order valence-corrected chi connectivity index (χ0v) is 12.1. The molecule has 0 fully saturated rings. The predicted octanol–water partition coefficient (Wildman–Crippen LogP) is 1.87. The van der Waals surface area contributed by atoms with E-state index in [-0.39, 0.29) is 0 Å². The van der Waals surface area contributed by atoms with Crippen molar-refractivity contribution in [3.8, 4) is 5.75 Å². The molecule has 4 heteroatoms. The molecule has 20 heavy (non-hydrogen) atoms. The fourth-order valence-corrected chi connectivity index (χ4v) is 2.23. The number of benzene rings is 2. The first-order valence-electron chi connectivity index (χ1n) is 6.63. The van der Waals surface area contributed by atoms with Crippen molar-refractivity contribution in [2.24, 2.45) is 0 Å². The zero-order valence-electron chi connectivity index (χ0n) is 12.1. The smallest absolute Gasteiger partial charge is 0.489 e. The maximum absolute atomic E-state index is 9.41. The molecule has 0 radical (unpaired) electrons. The summed E-state index contributed by atoms with van der Waals surface area (Å²) in [6, 6.07) is 11.5. The molecule has 0 aliphatic rings. The Labute approximate surface area is 120 Å². The SMILES string of the molecule is Cc1ccc(OCc2c(C)cccc2C)c(B(O)O)c1. The fourth-order valence-electron chi connectivity index (χ4n) is 2.23. The molecule has 0 atom stereocenters. The van der Waals surface area contributed by atoms with Gasteiger partial charge in [-0.25, -0.2) is 0 Å². The van der Waals surface area contributed by atoms with Crippen molar-refractivity contribution in [3.05, 3.63) is 58.7 Å². The first-order valence-corrected chi connectivity index (χ1v) is 6.63. The lowest BCUT2D eigenvalue weighted by molar-refractivity contribution is 0.305. The summed E-state index contributed by atoms with van der Waals surface area (Å²) in [4.78, 5) is 0. The van der Waals surface area contributed by atoms with E-state index < -0.39 is 7.12 Å². The first-order chi connectivity index (χ1) is 9.49. The van der Waals surface area contributed by atoms with Crippen LogP contribution < -0.4 is 10.2 Å². The number of rotatable bonds is 4. The highest BCUT2D eigenvalue weighted by Crippen LogP contribution is 2.17. The van der Waals surface area contributed by atoms with Gasteiger partial charge in [0.15, 0.2) is 0 Å². The van der Waals surface area contributed by atoms with Gasteiger partial charge < -0.3 is 14.8 Å². The van der Waals surface area contributed by atoms with Crippen molar-refractivity contribution in [2.45, 2.75) is 27.4 Å². The van der Waals surface area contributed by atoms with Gasteiger partial charge in [0.05, 0.1) is 0 Å². The summed E-state index contributed by atoms with van der Waals surface area (Å²) < 4.78 is 5.78. The molecule has 0 aromatic heterocycles. The van der Waals surface area contributed by atoms with Crippen LogP contribution >= 0.6 is 0 Å². The Bertz CT molecular complexity index is 588. The van der Waals surface area contributed by atoms with Crippen molar-refractivity contribution in [1.82, 2.24) is 0 Å². The summed E-state index contributed by atoms with van der Waals surface area (Å²) in [7, 11) is -1.53. The molecule has 2 N–H and O–H groups in total. The number of hydrogen-bond acceptors (Lipinski definition) is 3. The van der Waals surface area contributed by atoms with Crippen LogP contribution in [0.15, 0.2) is 36.4 Å². The second kappa shape index (κ2) is 6.12. The molecular weight excluding hydrogens is 251 g/mol. The van der Waals surface area contributed by atoms with Gasteiger partial charge >= 0.3 is 7.12 Å². The number of aryl methyl sites for hydroxylation is 3. The van der Waals surface area contributed by atoms with Gasteiger partial charge in [0.25, 0.3) is 0 Å². The van der Waals surface area contributed by atoms with E-state index >= 15 is 0 Å². The van der Waals surface area contributed by atoms with Crippen molar-refractivity contribution in [3.63, 3.8) is 0 Å². The van der Waals surface area contributed by atoms with Gasteiger partial charge in [0.1, 0.15) is 12.4 Å². The van der Waals surface area contributed by atoms with Gasteiger partial charge in [0.2, 0.25) is 0 Å². The van der Waals surface area contributed by atoms with Crippen molar-refractivity contribution < 1.29 is 14.8 Å². The highest BCUT2D eigenvalue weighted by atomic mass is 16.5. The normalized spacial score (nSPS) is 10.4. The van der Waals surface area contributed by atoms with Gasteiger partial charge in [0, 0.05) is 5.46 Å². The zero-order chi connectivity index (χ0) is 14.7. The van der Waals surface area contributed by atoms with E-state index in [0.29, 0.717) is 17.8 Å². The summed E-state index contributed by atoms with van der Waals surface area (Å²) in [6.45, 7) is 6.41. The lowest BCUT2D eigenvalue weighted by Gasteiger charge is -2.14. The maximum atomic E-state index is 9.41. The van der Waals surface area contributed by atoms with Gasteiger partial charge in [-0.15, -0.1) is 0 Å². The number of hydrogen-bond donors (Lipinski definition) is 2. The van der Waals surface area contributed by atoms with Crippen LogP contribution in [0.1, 0.15) is 22.3 Å². The predicted molar refractivity (Wildman–Crippen MR) is 81.3 cm³/mol. The van der Waals surface area contributed by atoms with Gasteiger partial charge in [-0.2, -0.15) is 0 Å². The van der Waals surface area contributed by atoms with Crippen LogP contribution in [-0.4, -0.2) is 17.2 Å². The molecule has 0 saturated heterocycles. The standard InChI is InChI=1S/C16H19BO3/c1-11-7-8-16(15(9-11)17(18)19)20-10-14-12(2)5-4-6-13(14)3/h4-9,18-19H,10H2,1-3H3. The summed E-state index contributed by atoms with van der Waals surface area (Å²) in [6.07, 6.45) is 0. The molecule has 2 aromatic carbocycles. The van der Waals surface area contributed by atoms with E-state index in [2.05, 4.69) is 0 Å². The highest BCUT2D eigenvalue weighted by Gasteiger charge is 2.17. The average Bonchev–Trinajstić information content (AvgIpc) is 2.39. The second-order valence-electron chi connectivity index (χ2n) is 5.07. The molecule has 2 aromatic rings. The quantitative estimate of drug-likeness (QED) is 0.834. The van der Waals surface area contributed by atoms with E-state index in [9.17, 15) is 10.0 Å². The summed E-state index contributed by atoms with van der Waals surface area (Å²) in [5.41, 5.74) is 4.83. The van der Waals surface area contributed by atoms with Crippen LogP contribution in [0.4, 0.5) is 0 Å². The van der Waals surface area contributed by atoms with Gasteiger partial charge in [-0.05, 0) is 43.5 Å². The van der Waals surface area contributed by atoms with Crippen LogP contribution in [-0.2, 0) is 6.61 Å². The largest absolute Gasteiger partial charge is 0.492 e. The van der Waals surface area contributed by atoms with E-state index in [4.69, 9.17) is 4.74 Å². The summed E-state index contributed by atoms with van der Waals surface area (Å²) in [5.74, 6) is 0.508. The highest BCUT2D eigenvalue weighted by molar-refractivity contribution is 6.59. The summed E-state index contributed by atoms with van der Waals surface area (Å²) >= 11 is 0. The summed E-state index contributed by atoms with van der Waals surface area (Å²) in [5, 5.41) is 18.8. The first kappa shape index (κ1) is 14.6. The molecule has 0 amide bonds. The molecule has 104 valence electrons. The Hall–Kier alpha value is -1.78. The molecule has 2 rings (SSSR count). The minimum absolute atomic E-state index is 0.399. The molecule has 0 bridgehead atoms. The Morgan fingerprint density at radius 2 is 1.65 bits per heavy atom. The Morgan fingerprint density at radius 1 is 1.00 bits per heavy atom. The molecule has 0 heterocycles. The third-order valence-electron chi connectivity index (χ3n) is 3.46. The average molecular weight is 270 g/mol. The minimum Gasteiger partial charge on any atom is -0.489 e. The Kier molecular flexibility index (Phi) is 4.48. The molecule has 0 aliphatic carbocycles. The molecule has 0 aliphatic heterocycles. The Morgan fingerprint density at radius 3 is 2.25 bits per heavy atom. The van der Waals surface area contributed by atoms with Crippen molar-refractivity contribution >= 4 is 12.6 Å². The molecule has 0 unspecified atom stereocenters. The van der Waals surface area contributed by atoms with Crippen LogP contribution in [0.3, 0.4) is 0 Å². The van der Waals surface area contributed by atoms with E-state index in [1.165, 1.54) is 11.1 Å².